The Hall–Kier alpha value is -2.90. The first-order valence-electron chi connectivity index (χ1n) is 8.08. The van der Waals surface area contributed by atoms with Gasteiger partial charge in [-0.2, -0.15) is 0 Å². The van der Waals surface area contributed by atoms with E-state index in [9.17, 15) is 14.4 Å². The average Bonchev–Trinajstić information content (AvgIpc) is 2.53. The van der Waals surface area contributed by atoms with Crippen LogP contribution in [0.25, 0.3) is 0 Å². The molecule has 1 aromatic carbocycles. The van der Waals surface area contributed by atoms with Crippen LogP contribution in [-0.4, -0.2) is 41.2 Å². The van der Waals surface area contributed by atoms with E-state index in [1.807, 2.05) is 19.1 Å². The third-order valence-electron chi connectivity index (χ3n) is 4.11. The summed E-state index contributed by atoms with van der Waals surface area (Å²) in [6.45, 7) is 3.60. The molecule has 1 fully saturated rings. The van der Waals surface area contributed by atoms with Crippen LogP contribution in [0.2, 0.25) is 0 Å². The maximum Gasteiger partial charge on any atom is 0.248 e. The molecule has 3 amide bonds. The smallest absolute Gasteiger partial charge is 0.248 e. The lowest BCUT2D eigenvalue weighted by molar-refractivity contribution is -0.169. The van der Waals surface area contributed by atoms with Crippen LogP contribution in [0.3, 0.4) is 0 Å². The van der Waals surface area contributed by atoms with Crippen molar-refractivity contribution < 1.29 is 14.4 Å². The molecule has 1 aromatic rings. The van der Waals surface area contributed by atoms with Crippen molar-refractivity contribution in [1.82, 2.24) is 4.90 Å². The monoisotopic (exact) mass is 345 g/mol. The first kappa shape index (κ1) is 18.4. The Balaban J connectivity index is 2.04. The molecular formula is C17H23N5O3. The number of aryl methyl sites for hydroxylation is 1. The standard InChI is InChI=1S/C17H23N5O3/c1-10-5-7-12(8-6-10)21-15(24)14-13(4-3-9-20-17(18)19)16(25)22(14)11(2)23/h5-8,13-14H,3-4,9H2,1-2H3,(H,21,24)(H4,18,19,20)/t13-,14+/m1/s1. The summed E-state index contributed by atoms with van der Waals surface area (Å²) in [6.07, 6.45) is 0.986. The third-order valence-corrected chi connectivity index (χ3v) is 4.11. The number of nitrogens with one attached hydrogen (secondary N) is 1. The predicted octanol–water partition coefficient (Wildman–Crippen LogP) is 0.361. The number of amides is 3. The largest absolute Gasteiger partial charge is 0.370 e. The lowest BCUT2D eigenvalue weighted by Gasteiger charge is -2.44. The van der Waals surface area contributed by atoms with Gasteiger partial charge in [0.05, 0.1) is 5.92 Å². The van der Waals surface area contributed by atoms with Gasteiger partial charge in [-0.25, -0.2) is 0 Å². The van der Waals surface area contributed by atoms with Gasteiger partial charge in [-0.15, -0.1) is 0 Å². The lowest BCUT2D eigenvalue weighted by Crippen LogP contribution is -2.66. The second-order valence-corrected chi connectivity index (χ2v) is 6.08. The SMILES string of the molecule is CC(=O)N1C(=O)[C@H](CCCN=C(N)N)[C@H]1C(=O)Nc1ccc(C)cc1. The van der Waals surface area contributed by atoms with E-state index in [4.69, 9.17) is 11.5 Å². The summed E-state index contributed by atoms with van der Waals surface area (Å²) in [5.74, 6) is -1.69. The summed E-state index contributed by atoms with van der Waals surface area (Å²) in [4.78, 5) is 41.3. The number of nitrogens with zero attached hydrogens (tertiary/aromatic N) is 2. The number of hydrogen-bond acceptors (Lipinski definition) is 4. The maximum atomic E-state index is 12.6. The maximum absolute atomic E-state index is 12.6. The van der Waals surface area contributed by atoms with Gasteiger partial charge in [0.15, 0.2) is 5.96 Å². The minimum Gasteiger partial charge on any atom is -0.370 e. The molecule has 1 heterocycles. The molecule has 0 spiro atoms. The predicted molar refractivity (Wildman–Crippen MR) is 94.5 cm³/mol. The van der Waals surface area contributed by atoms with Crippen LogP contribution in [0, 0.1) is 12.8 Å². The van der Waals surface area contributed by atoms with Gasteiger partial charge in [-0.1, -0.05) is 17.7 Å². The summed E-state index contributed by atoms with van der Waals surface area (Å²) in [5, 5.41) is 2.76. The molecule has 8 nitrogen and oxygen atoms in total. The Morgan fingerprint density at radius 1 is 1.24 bits per heavy atom. The number of nitrogens with two attached hydrogens (primary N) is 2. The van der Waals surface area contributed by atoms with Gasteiger partial charge in [0.2, 0.25) is 17.7 Å². The minimum atomic E-state index is -0.800. The summed E-state index contributed by atoms with van der Waals surface area (Å²) >= 11 is 0. The summed E-state index contributed by atoms with van der Waals surface area (Å²) in [7, 11) is 0. The van der Waals surface area contributed by atoms with Crippen LogP contribution < -0.4 is 16.8 Å². The van der Waals surface area contributed by atoms with Crippen molar-refractivity contribution in [3.63, 3.8) is 0 Å². The molecule has 1 aliphatic rings. The first-order valence-corrected chi connectivity index (χ1v) is 8.08. The van der Waals surface area contributed by atoms with Crippen molar-refractivity contribution in [2.45, 2.75) is 32.7 Å². The molecule has 0 bridgehead atoms. The second-order valence-electron chi connectivity index (χ2n) is 6.08. The molecule has 5 N–H and O–H groups in total. The van der Waals surface area contributed by atoms with Crippen molar-refractivity contribution in [3.05, 3.63) is 29.8 Å². The Morgan fingerprint density at radius 2 is 1.88 bits per heavy atom. The molecule has 2 atom stereocenters. The van der Waals surface area contributed by atoms with Crippen molar-refractivity contribution in [2.75, 3.05) is 11.9 Å². The number of carbonyl (C=O) groups is 3. The molecule has 0 radical (unpaired) electrons. The molecule has 0 unspecified atom stereocenters. The van der Waals surface area contributed by atoms with E-state index in [1.165, 1.54) is 6.92 Å². The van der Waals surface area contributed by atoms with E-state index in [-0.39, 0.29) is 17.8 Å². The third kappa shape index (κ3) is 4.34. The molecule has 134 valence electrons. The number of β-lactam (4-membered cyclic amide) rings is 1. The van der Waals surface area contributed by atoms with Crippen molar-refractivity contribution in [2.24, 2.45) is 22.4 Å². The van der Waals surface area contributed by atoms with E-state index in [1.54, 1.807) is 12.1 Å². The molecule has 8 heteroatoms. The number of likely N-dealkylation sites (tertiary alicyclic amines) is 1. The van der Waals surface area contributed by atoms with Crippen LogP contribution in [0.5, 0.6) is 0 Å². The van der Waals surface area contributed by atoms with E-state index in [0.29, 0.717) is 25.1 Å². The fraction of sp³-hybridized carbons (Fsp3) is 0.412. The fourth-order valence-electron chi connectivity index (χ4n) is 2.85. The first-order chi connectivity index (χ1) is 11.8. The van der Waals surface area contributed by atoms with Crippen LogP contribution >= 0.6 is 0 Å². The van der Waals surface area contributed by atoms with Crippen molar-refractivity contribution in [3.8, 4) is 0 Å². The van der Waals surface area contributed by atoms with Crippen molar-refractivity contribution in [1.29, 1.82) is 0 Å². The zero-order chi connectivity index (χ0) is 18.6. The van der Waals surface area contributed by atoms with Gasteiger partial charge in [-0.05, 0) is 31.9 Å². The number of carbonyl (C=O) groups excluding carboxylic acids is 3. The topological polar surface area (TPSA) is 131 Å². The zero-order valence-corrected chi connectivity index (χ0v) is 14.4. The molecule has 1 aliphatic heterocycles. The number of aliphatic imine (C=N–C) groups is 1. The van der Waals surface area contributed by atoms with Gasteiger partial charge >= 0.3 is 0 Å². The summed E-state index contributed by atoms with van der Waals surface area (Å²) < 4.78 is 0. The number of guanidine groups is 1. The summed E-state index contributed by atoms with van der Waals surface area (Å²) in [5.41, 5.74) is 12.2. The zero-order valence-electron chi connectivity index (χ0n) is 14.4. The van der Waals surface area contributed by atoms with Crippen LogP contribution in [0.15, 0.2) is 29.3 Å². The highest BCUT2D eigenvalue weighted by Crippen LogP contribution is 2.31. The number of imide groups is 1. The van der Waals surface area contributed by atoms with E-state index in [2.05, 4.69) is 10.3 Å². The molecule has 0 saturated carbocycles. The van der Waals surface area contributed by atoms with Gasteiger partial charge in [0, 0.05) is 19.2 Å². The highest BCUT2D eigenvalue weighted by molar-refractivity contribution is 6.11. The number of hydrogen-bond donors (Lipinski definition) is 3. The Kier molecular flexibility index (Phi) is 5.74. The second kappa shape index (κ2) is 7.78. The quantitative estimate of drug-likeness (QED) is 0.296. The molecule has 25 heavy (non-hydrogen) atoms. The molecule has 0 aliphatic carbocycles. The number of anilines is 1. The van der Waals surface area contributed by atoms with Gasteiger partial charge in [0.1, 0.15) is 6.04 Å². The van der Waals surface area contributed by atoms with Crippen molar-refractivity contribution >= 4 is 29.4 Å². The van der Waals surface area contributed by atoms with E-state index in [0.717, 1.165) is 10.5 Å². The molecule has 1 saturated heterocycles. The van der Waals surface area contributed by atoms with Crippen LogP contribution in [0.1, 0.15) is 25.3 Å². The Bertz CT molecular complexity index is 695. The van der Waals surface area contributed by atoms with E-state index >= 15 is 0 Å². The molecule has 0 aromatic heterocycles. The number of rotatable bonds is 6. The van der Waals surface area contributed by atoms with Crippen LogP contribution in [-0.2, 0) is 14.4 Å². The Labute approximate surface area is 146 Å². The number of benzene rings is 1. The minimum absolute atomic E-state index is 0.0148. The van der Waals surface area contributed by atoms with Crippen LogP contribution in [0.4, 0.5) is 5.69 Å². The average molecular weight is 345 g/mol. The van der Waals surface area contributed by atoms with Gasteiger partial charge in [-0.3, -0.25) is 24.3 Å². The summed E-state index contributed by atoms with van der Waals surface area (Å²) in [6, 6.07) is 6.50. The van der Waals surface area contributed by atoms with E-state index < -0.39 is 17.9 Å². The highest BCUT2D eigenvalue weighted by Gasteiger charge is 2.52. The Morgan fingerprint density at radius 3 is 2.44 bits per heavy atom. The van der Waals surface area contributed by atoms with Gasteiger partial charge in [0.25, 0.3) is 0 Å². The lowest BCUT2D eigenvalue weighted by atomic mass is 9.82. The normalized spacial score (nSPS) is 19.1. The fourth-order valence-corrected chi connectivity index (χ4v) is 2.85. The molecular weight excluding hydrogens is 322 g/mol. The molecule has 2 rings (SSSR count). The van der Waals surface area contributed by atoms with Gasteiger partial charge < -0.3 is 16.8 Å². The highest BCUT2D eigenvalue weighted by atomic mass is 16.2.